The fraction of sp³-hybridized carbons (Fsp3) is 0.385. The highest BCUT2D eigenvalue weighted by Crippen LogP contribution is 2.49. The van der Waals surface area contributed by atoms with Crippen LogP contribution in [0.25, 0.3) is 11.1 Å². The summed E-state index contributed by atoms with van der Waals surface area (Å²) >= 11 is 3.97. The fourth-order valence-corrected chi connectivity index (χ4v) is 4.93. The predicted octanol–water partition coefficient (Wildman–Crippen LogP) is 4.61. The van der Waals surface area contributed by atoms with Crippen molar-refractivity contribution in [3.63, 3.8) is 0 Å². The third kappa shape index (κ3) is 1.12. The van der Waals surface area contributed by atoms with Crippen molar-refractivity contribution in [2.45, 2.75) is 34.1 Å². The van der Waals surface area contributed by atoms with Crippen LogP contribution in [0.15, 0.2) is 0 Å². The zero-order valence-electron chi connectivity index (χ0n) is 9.52. The van der Waals surface area contributed by atoms with Gasteiger partial charge in [-0.2, -0.15) is 0 Å². The molecule has 0 nitrogen and oxygen atoms in total. The van der Waals surface area contributed by atoms with Crippen molar-refractivity contribution in [1.29, 1.82) is 0 Å². The minimum absolute atomic E-state index is 1.18. The Morgan fingerprint density at radius 2 is 1.13 bits per heavy atom. The third-order valence-corrected chi connectivity index (χ3v) is 5.90. The second-order valence-electron chi connectivity index (χ2n) is 4.34. The normalized spacial score (nSPS) is 13.1. The summed E-state index contributed by atoms with van der Waals surface area (Å²) in [4.78, 5) is 6.17. The van der Waals surface area contributed by atoms with Crippen LogP contribution in [-0.2, 0) is 6.42 Å². The summed E-state index contributed by atoms with van der Waals surface area (Å²) in [7, 11) is 0. The quantitative estimate of drug-likeness (QED) is 0.532. The van der Waals surface area contributed by atoms with Crippen LogP contribution in [0.2, 0.25) is 0 Å². The molecule has 0 saturated heterocycles. The minimum Gasteiger partial charge on any atom is -0.144 e. The Balaban J connectivity index is 2.36. The molecule has 0 fully saturated rings. The van der Waals surface area contributed by atoms with Crippen molar-refractivity contribution in [3.05, 3.63) is 30.6 Å². The summed E-state index contributed by atoms with van der Waals surface area (Å²) in [6.45, 7) is 9.03. The van der Waals surface area contributed by atoms with Gasteiger partial charge in [-0.15, -0.1) is 22.7 Å². The molecule has 1 aliphatic rings. The molecular weight excluding hydrogens is 220 g/mol. The maximum Gasteiger partial charge on any atom is 0.0182 e. The molecule has 0 saturated carbocycles. The third-order valence-electron chi connectivity index (χ3n) is 3.49. The summed E-state index contributed by atoms with van der Waals surface area (Å²) in [6, 6.07) is 0. The zero-order valence-corrected chi connectivity index (χ0v) is 11.2. The summed E-state index contributed by atoms with van der Waals surface area (Å²) in [6.07, 6.45) is 1.18. The van der Waals surface area contributed by atoms with E-state index in [2.05, 4.69) is 27.7 Å². The predicted molar refractivity (Wildman–Crippen MR) is 69.4 cm³/mol. The Morgan fingerprint density at radius 1 is 0.733 bits per heavy atom. The van der Waals surface area contributed by atoms with Crippen LogP contribution < -0.4 is 0 Å². The lowest BCUT2D eigenvalue weighted by atomic mass is 10.0. The molecule has 0 aromatic carbocycles. The van der Waals surface area contributed by atoms with Crippen molar-refractivity contribution >= 4 is 22.7 Å². The molecule has 0 amide bonds. The van der Waals surface area contributed by atoms with E-state index in [9.17, 15) is 0 Å². The molecule has 0 bridgehead atoms. The number of aryl methyl sites for hydroxylation is 2. The number of rotatable bonds is 0. The molecule has 2 aromatic rings. The van der Waals surface area contributed by atoms with Gasteiger partial charge < -0.3 is 0 Å². The average Bonchev–Trinajstić information content (AvgIpc) is 2.72. The van der Waals surface area contributed by atoms with Crippen LogP contribution in [0.4, 0.5) is 0 Å². The molecule has 2 aromatic heterocycles. The van der Waals surface area contributed by atoms with Crippen LogP contribution in [0.3, 0.4) is 0 Å². The lowest BCUT2D eigenvalue weighted by Gasteiger charge is -1.99. The Labute approximate surface area is 98.6 Å². The number of fused-ring (bicyclic) bond motifs is 3. The lowest BCUT2D eigenvalue weighted by Crippen LogP contribution is -1.80. The first-order valence-electron chi connectivity index (χ1n) is 5.27. The first kappa shape index (κ1) is 9.61. The van der Waals surface area contributed by atoms with Gasteiger partial charge in [-0.05, 0) is 38.8 Å². The van der Waals surface area contributed by atoms with Crippen molar-refractivity contribution in [1.82, 2.24) is 0 Å². The maximum absolute atomic E-state index is 2.27. The summed E-state index contributed by atoms with van der Waals surface area (Å²) in [5.41, 5.74) is 6.15. The minimum atomic E-state index is 1.18. The molecule has 0 aliphatic heterocycles. The van der Waals surface area contributed by atoms with Crippen LogP contribution in [0.5, 0.6) is 0 Å². The van der Waals surface area contributed by atoms with E-state index < -0.39 is 0 Å². The van der Waals surface area contributed by atoms with Gasteiger partial charge in [0.1, 0.15) is 0 Å². The molecule has 78 valence electrons. The fourth-order valence-electron chi connectivity index (χ4n) is 2.44. The molecule has 3 rings (SSSR count). The number of hydrogen-bond donors (Lipinski definition) is 0. The highest BCUT2D eigenvalue weighted by Gasteiger charge is 2.27. The van der Waals surface area contributed by atoms with Crippen LogP contribution in [0.1, 0.15) is 30.6 Å². The topological polar surface area (TPSA) is 0 Å². The van der Waals surface area contributed by atoms with E-state index in [-0.39, 0.29) is 0 Å². The van der Waals surface area contributed by atoms with E-state index in [1.54, 1.807) is 20.9 Å². The van der Waals surface area contributed by atoms with Crippen LogP contribution >= 0.6 is 22.7 Å². The summed E-state index contributed by atoms with van der Waals surface area (Å²) in [5, 5.41) is 0. The molecule has 0 atom stereocenters. The summed E-state index contributed by atoms with van der Waals surface area (Å²) in [5.74, 6) is 0. The molecule has 0 radical (unpaired) electrons. The van der Waals surface area contributed by atoms with Gasteiger partial charge in [-0.3, -0.25) is 0 Å². The van der Waals surface area contributed by atoms with Crippen molar-refractivity contribution < 1.29 is 0 Å². The van der Waals surface area contributed by atoms with E-state index in [0.717, 1.165) is 0 Å². The van der Waals surface area contributed by atoms with Crippen LogP contribution in [-0.4, -0.2) is 0 Å². The van der Waals surface area contributed by atoms with Crippen molar-refractivity contribution in [2.75, 3.05) is 0 Å². The smallest absolute Gasteiger partial charge is 0.0182 e. The van der Waals surface area contributed by atoms with E-state index in [4.69, 9.17) is 0 Å². The highest BCUT2D eigenvalue weighted by molar-refractivity contribution is 7.15. The first-order chi connectivity index (χ1) is 7.09. The Morgan fingerprint density at radius 3 is 1.53 bits per heavy atom. The van der Waals surface area contributed by atoms with Gasteiger partial charge in [-0.1, -0.05) is 0 Å². The number of thiophene rings is 2. The van der Waals surface area contributed by atoms with E-state index in [1.807, 2.05) is 22.7 Å². The zero-order chi connectivity index (χ0) is 10.7. The van der Waals surface area contributed by atoms with Crippen molar-refractivity contribution in [3.8, 4) is 11.1 Å². The van der Waals surface area contributed by atoms with Gasteiger partial charge in [-0.25, -0.2) is 0 Å². The molecule has 1 aliphatic carbocycles. The van der Waals surface area contributed by atoms with Gasteiger partial charge in [0.15, 0.2) is 0 Å². The standard InChI is InChI=1S/C13H14S2/c1-6-8(3)14-10-5-11-13(12(6)10)7(2)9(4)15-11/h5H2,1-4H3. The lowest BCUT2D eigenvalue weighted by molar-refractivity contribution is 1.37. The molecule has 0 spiro atoms. The van der Waals surface area contributed by atoms with Gasteiger partial charge in [0.25, 0.3) is 0 Å². The Hall–Kier alpha value is -0.600. The van der Waals surface area contributed by atoms with Crippen LogP contribution in [0, 0.1) is 27.7 Å². The first-order valence-corrected chi connectivity index (χ1v) is 6.91. The van der Waals surface area contributed by atoms with Gasteiger partial charge in [0, 0.05) is 37.1 Å². The number of hydrogen-bond acceptors (Lipinski definition) is 2. The monoisotopic (exact) mass is 234 g/mol. The van der Waals surface area contributed by atoms with E-state index in [0.29, 0.717) is 0 Å². The molecule has 15 heavy (non-hydrogen) atoms. The Bertz CT molecular complexity index is 505. The molecule has 2 heterocycles. The summed E-state index contributed by atoms with van der Waals surface area (Å²) < 4.78 is 0. The average molecular weight is 234 g/mol. The second kappa shape index (κ2) is 2.96. The molecule has 0 N–H and O–H groups in total. The van der Waals surface area contributed by atoms with E-state index in [1.165, 1.54) is 27.3 Å². The van der Waals surface area contributed by atoms with Gasteiger partial charge >= 0.3 is 0 Å². The molecule has 2 heteroatoms. The SMILES string of the molecule is Cc1sc2c(c1C)-c1c(sc(C)c1C)C2. The Kier molecular flexibility index (Phi) is 1.89. The second-order valence-corrected chi connectivity index (χ2v) is 6.96. The van der Waals surface area contributed by atoms with Gasteiger partial charge in [0.05, 0.1) is 0 Å². The molecular formula is C13H14S2. The maximum atomic E-state index is 2.27. The van der Waals surface area contributed by atoms with Gasteiger partial charge in [0.2, 0.25) is 0 Å². The van der Waals surface area contributed by atoms with E-state index >= 15 is 0 Å². The largest absolute Gasteiger partial charge is 0.144 e. The molecule has 0 unspecified atom stereocenters. The van der Waals surface area contributed by atoms with Crippen molar-refractivity contribution in [2.24, 2.45) is 0 Å². The highest BCUT2D eigenvalue weighted by atomic mass is 32.1.